The molecule has 1 heterocycles. The summed E-state index contributed by atoms with van der Waals surface area (Å²) in [5.74, 6) is -0.0481. The number of hydrogen-bond acceptors (Lipinski definition) is 2. The van der Waals surface area contributed by atoms with Crippen molar-refractivity contribution >= 4 is 12.2 Å². The summed E-state index contributed by atoms with van der Waals surface area (Å²) in [7, 11) is 0. The lowest BCUT2D eigenvalue weighted by Gasteiger charge is -2.15. The van der Waals surface area contributed by atoms with Crippen LogP contribution in [0.3, 0.4) is 0 Å². The van der Waals surface area contributed by atoms with Crippen LogP contribution in [0.25, 0.3) is 0 Å². The molecule has 1 aromatic heterocycles. The first-order chi connectivity index (χ1) is 7.71. The van der Waals surface area contributed by atoms with E-state index in [2.05, 4.69) is 5.32 Å². The normalized spacial score (nSPS) is 10.4. The standard InChI is InChI=1S/C12H18N2O2/c1-3-10(4-2)13-12(16)8-14-7-5-6-11(14)9-15/h5-7,9-10H,3-4,8H2,1-2H3,(H,13,16). The van der Waals surface area contributed by atoms with Gasteiger partial charge in [0.15, 0.2) is 6.29 Å². The Labute approximate surface area is 95.6 Å². The molecule has 1 aromatic rings. The molecular weight excluding hydrogens is 204 g/mol. The Morgan fingerprint density at radius 2 is 2.19 bits per heavy atom. The second kappa shape index (κ2) is 6.10. The lowest BCUT2D eigenvalue weighted by atomic mass is 10.2. The summed E-state index contributed by atoms with van der Waals surface area (Å²) >= 11 is 0. The van der Waals surface area contributed by atoms with Crippen molar-refractivity contribution < 1.29 is 9.59 Å². The van der Waals surface area contributed by atoms with Gasteiger partial charge in [-0.05, 0) is 25.0 Å². The first kappa shape index (κ1) is 12.5. The minimum atomic E-state index is -0.0481. The number of nitrogens with zero attached hydrogens (tertiary/aromatic N) is 1. The number of carbonyl (C=O) groups is 2. The van der Waals surface area contributed by atoms with Crippen LogP contribution in [0.1, 0.15) is 37.2 Å². The Kier molecular flexibility index (Phi) is 4.76. The number of aldehydes is 1. The zero-order valence-corrected chi connectivity index (χ0v) is 9.77. The molecule has 1 rings (SSSR count). The van der Waals surface area contributed by atoms with Crippen LogP contribution >= 0.6 is 0 Å². The molecule has 4 nitrogen and oxygen atoms in total. The van der Waals surface area contributed by atoms with Gasteiger partial charge in [0.2, 0.25) is 5.91 Å². The highest BCUT2D eigenvalue weighted by atomic mass is 16.2. The van der Waals surface area contributed by atoms with E-state index < -0.39 is 0 Å². The van der Waals surface area contributed by atoms with Gasteiger partial charge in [0.25, 0.3) is 0 Å². The second-order valence-electron chi connectivity index (χ2n) is 3.76. The minimum Gasteiger partial charge on any atom is -0.352 e. The van der Waals surface area contributed by atoms with E-state index in [1.165, 1.54) is 0 Å². The third-order valence-electron chi connectivity index (χ3n) is 2.65. The van der Waals surface area contributed by atoms with Crippen molar-refractivity contribution in [2.75, 3.05) is 0 Å². The third-order valence-corrected chi connectivity index (χ3v) is 2.65. The Hall–Kier alpha value is -1.58. The van der Waals surface area contributed by atoms with Crippen LogP contribution in [-0.4, -0.2) is 22.8 Å². The monoisotopic (exact) mass is 222 g/mol. The number of nitrogens with one attached hydrogen (secondary N) is 1. The highest BCUT2D eigenvalue weighted by Gasteiger charge is 2.09. The Bertz CT molecular complexity index is 354. The molecule has 4 heteroatoms. The van der Waals surface area contributed by atoms with E-state index in [1.54, 1.807) is 22.9 Å². The lowest BCUT2D eigenvalue weighted by Crippen LogP contribution is -2.36. The van der Waals surface area contributed by atoms with Crippen molar-refractivity contribution in [3.8, 4) is 0 Å². The highest BCUT2D eigenvalue weighted by molar-refractivity contribution is 5.78. The van der Waals surface area contributed by atoms with Crippen molar-refractivity contribution in [1.29, 1.82) is 0 Å². The highest BCUT2D eigenvalue weighted by Crippen LogP contribution is 2.00. The number of hydrogen-bond donors (Lipinski definition) is 1. The van der Waals surface area contributed by atoms with E-state index >= 15 is 0 Å². The predicted molar refractivity (Wildman–Crippen MR) is 62.3 cm³/mol. The summed E-state index contributed by atoms with van der Waals surface area (Å²) < 4.78 is 1.64. The van der Waals surface area contributed by atoms with Gasteiger partial charge in [0.05, 0.1) is 5.69 Å². The van der Waals surface area contributed by atoms with Crippen molar-refractivity contribution in [2.24, 2.45) is 0 Å². The first-order valence-electron chi connectivity index (χ1n) is 5.60. The Balaban J connectivity index is 2.54. The number of aromatic nitrogens is 1. The molecule has 0 aliphatic rings. The molecule has 0 radical (unpaired) electrons. The van der Waals surface area contributed by atoms with Crippen LogP contribution < -0.4 is 5.32 Å². The van der Waals surface area contributed by atoms with Gasteiger partial charge in [-0.3, -0.25) is 9.59 Å². The molecule has 88 valence electrons. The predicted octanol–water partition coefficient (Wildman–Crippen LogP) is 1.61. The SMILES string of the molecule is CCC(CC)NC(=O)Cn1cccc1C=O. The molecule has 1 amide bonds. The first-order valence-corrected chi connectivity index (χ1v) is 5.60. The molecule has 0 fully saturated rings. The van der Waals surface area contributed by atoms with Crippen molar-refractivity contribution in [3.63, 3.8) is 0 Å². The summed E-state index contributed by atoms with van der Waals surface area (Å²) in [6.45, 7) is 4.29. The number of amides is 1. The zero-order valence-electron chi connectivity index (χ0n) is 9.77. The maximum atomic E-state index is 11.7. The minimum absolute atomic E-state index is 0.0481. The molecule has 0 aliphatic heterocycles. The van der Waals surface area contributed by atoms with Crippen LogP contribution in [0.15, 0.2) is 18.3 Å². The molecule has 16 heavy (non-hydrogen) atoms. The molecule has 0 bridgehead atoms. The molecule has 0 aromatic carbocycles. The van der Waals surface area contributed by atoms with Crippen molar-refractivity contribution in [3.05, 3.63) is 24.0 Å². The van der Waals surface area contributed by atoms with Gasteiger partial charge in [0, 0.05) is 12.2 Å². The molecule has 0 saturated heterocycles. The van der Waals surface area contributed by atoms with Crippen LogP contribution in [0.5, 0.6) is 0 Å². The van der Waals surface area contributed by atoms with Crippen LogP contribution in [0, 0.1) is 0 Å². The Morgan fingerprint density at radius 3 is 2.75 bits per heavy atom. The fourth-order valence-corrected chi connectivity index (χ4v) is 1.60. The molecule has 0 aliphatic carbocycles. The molecular formula is C12H18N2O2. The lowest BCUT2D eigenvalue weighted by molar-refractivity contribution is -0.122. The van der Waals surface area contributed by atoms with Gasteiger partial charge in [-0.2, -0.15) is 0 Å². The van der Waals surface area contributed by atoms with E-state index in [0.717, 1.165) is 19.1 Å². The fraction of sp³-hybridized carbons (Fsp3) is 0.500. The fourth-order valence-electron chi connectivity index (χ4n) is 1.60. The summed E-state index contributed by atoms with van der Waals surface area (Å²) in [4.78, 5) is 22.3. The van der Waals surface area contributed by atoms with Gasteiger partial charge in [0.1, 0.15) is 6.54 Å². The van der Waals surface area contributed by atoms with E-state index in [-0.39, 0.29) is 18.5 Å². The quantitative estimate of drug-likeness (QED) is 0.743. The topological polar surface area (TPSA) is 51.1 Å². The summed E-state index contributed by atoms with van der Waals surface area (Å²) in [6, 6.07) is 3.67. The van der Waals surface area contributed by atoms with E-state index in [9.17, 15) is 9.59 Å². The van der Waals surface area contributed by atoms with Gasteiger partial charge in [-0.25, -0.2) is 0 Å². The van der Waals surface area contributed by atoms with E-state index in [1.807, 2.05) is 13.8 Å². The van der Waals surface area contributed by atoms with Crippen LogP contribution in [0.4, 0.5) is 0 Å². The zero-order chi connectivity index (χ0) is 12.0. The smallest absolute Gasteiger partial charge is 0.240 e. The molecule has 0 unspecified atom stereocenters. The molecule has 0 spiro atoms. The average Bonchev–Trinajstić information content (AvgIpc) is 2.73. The number of carbonyl (C=O) groups excluding carboxylic acids is 2. The van der Waals surface area contributed by atoms with Gasteiger partial charge >= 0.3 is 0 Å². The second-order valence-corrected chi connectivity index (χ2v) is 3.76. The largest absolute Gasteiger partial charge is 0.352 e. The van der Waals surface area contributed by atoms with Gasteiger partial charge < -0.3 is 9.88 Å². The van der Waals surface area contributed by atoms with Gasteiger partial charge in [-0.1, -0.05) is 13.8 Å². The Morgan fingerprint density at radius 1 is 1.50 bits per heavy atom. The van der Waals surface area contributed by atoms with Gasteiger partial charge in [-0.15, -0.1) is 0 Å². The molecule has 1 N–H and O–H groups in total. The average molecular weight is 222 g/mol. The summed E-state index contributed by atoms with van der Waals surface area (Å²) in [5.41, 5.74) is 0.527. The third kappa shape index (κ3) is 3.22. The van der Waals surface area contributed by atoms with E-state index in [4.69, 9.17) is 0 Å². The summed E-state index contributed by atoms with van der Waals surface area (Å²) in [6.07, 6.45) is 4.34. The van der Waals surface area contributed by atoms with Crippen LogP contribution in [0.2, 0.25) is 0 Å². The van der Waals surface area contributed by atoms with Crippen LogP contribution in [-0.2, 0) is 11.3 Å². The molecule has 0 atom stereocenters. The molecule has 0 saturated carbocycles. The van der Waals surface area contributed by atoms with Crippen molar-refractivity contribution in [1.82, 2.24) is 9.88 Å². The summed E-state index contributed by atoms with van der Waals surface area (Å²) in [5, 5.41) is 2.93. The maximum absolute atomic E-state index is 11.7. The number of rotatable bonds is 6. The van der Waals surface area contributed by atoms with E-state index in [0.29, 0.717) is 5.69 Å². The maximum Gasteiger partial charge on any atom is 0.240 e. The van der Waals surface area contributed by atoms with Crippen molar-refractivity contribution in [2.45, 2.75) is 39.3 Å².